The van der Waals surface area contributed by atoms with Gasteiger partial charge < -0.3 is 15.2 Å². The predicted molar refractivity (Wildman–Crippen MR) is 116 cm³/mol. The summed E-state index contributed by atoms with van der Waals surface area (Å²) in [7, 11) is 0. The molecule has 0 bridgehead atoms. The molecule has 160 valence electrons. The summed E-state index contributed by atoms with van der Waals surface area (Å²) in [6.45, 7) is 1.21. The lowest BCUT2D eigenvalue weighted by molar-refractivity contribution is -0.153. The van der Waals surface area contributed by atoms with Crippen LogP contribution in [0.1, 0.15) is 24.2 Å². The Hall–Kier alpha value is -3.10. The quantitative estimate of drug-likeness (QED) is 0.546. The van der Waals surface area contributed by atoms with Crippen LogP contribution in [0.15, 0.2) is 71.9 Å². The number of hydrogen-bond donors (Lipinski definition) is 1. The third kappa shape index (κ3) is 4.22. The molecule has 4 rings (SSSR count). The summed E-state index contributed by atoms with van der Waals surface area (Å²) in [6, 6.07) is 18.1. The molecular formula is C23H22N2O5S. The fourth-order valence-electron chi connectivity index (χ4n) is 3.62. The van der Waals surface area contributed by atoms with Gasteiger partial charge in [-0.3, -0.25) is 14.5 Å². The molecule has 2 atom stereocenters. The van der Waals surface area contributed by atoms with Crippen LogP contribution in [0.5, 0.6) is 0 Å². The van der Waals surface area contributed by atoms with Gasteiger partial charge in [0, 0.05) is 18.2 Å². The smallest absolute Gasteiger partial charge is 0.356 e. The van der Waals surface area contributed by atoms with E-state index in [1.54, 1.807) is 0 Å². The fraction of sp³-hybridized carbons (Fsp3) is 0.261. The van der Waals surface area contributed by atoms with Crippen LogP contribution in [0.25, 0.3) is 0 Å². The molecule has 1 amide bonds. The van der Waals surface area contributed by atoms with E-state index in [1.807, 2.05) is 60.7 Å². The molecule has 2 N–H and O–H groups in total. The van der Waals surface area contributed by atoms with Gasteiger partial charge in [0.25, 0.3) is 0 Å². The van der Waals surface area contributed by atoms with E-state index >= 15 is 0 Å². The number of carbonyl (C=O) groups excluding carboxylic acids is 3. The van der Waals surface area contributed by atoms with E-state index in [4.69, 9.17) is 15.2 Å². The maximum absolute atomic E-state index is 13.4. The van der Waals surface area contributed by atoms with Gasteiger partial charge in [0.1, 0.15) is 23.7 Å². The zero-order chi connectivity index (χ0) is 22.0. The van der Waals surface area contributed by atoms with Gasteiger partial charge in [-0.05, 0) is 11.1 Å². The fourth-order valence-corrected chi connectivity index (χ4v) is 4.89. The highest BCUT2D eigenvalue weighted by molar-refractivity contribution is 8.00. The molecule has 0 aliphatic carbocycles. The number of nitrogens with zero attached hydrogens (tertiary/aromatic N) is 1. The zero-order valence-electron chi connectivity index (χ0n) is 16.9. The number of hydrogen-bond acceptors (Lipinski definition) is 7. The molecule has 0 radical (unpaired) electrons. The average Bonchev–Trinajstić information content (AvgIpc) is 2.80. The first-order valence-electron chi connectivity index (χ1n) is 9.84. The highest BCUT2D eigenvalue weighted by Crippen LogP contribution is 2.40. The van der Waals surface area contributed by atoms with Crippen LogP contribution in [-0.4, -0.2) is 46.5 Å². The predicted octanol–water partition coefficient (Wildman–Crippen LogP) is 2.38. The Morgan fingerprint density at radius 2 is 1.68 bits per heavy atom. The number of thioether (sulfide) groups is 1. The van der Waals surface area contributed by atoms with Crippen LogP contribution >= 0.6 is 11.8 Å². The van der Waals surface area contributed by atoms with Crippen molar-refractivity contribution >= 4 is 29.6 Å². The van der Waals surface area contributed by atoms with Crippen LogP contribution in [0.3, 0.4) is 0 Å². The number of benzene rings is 2. The lowest BCUT2D eigenvalue weighted by atomic mass is 10.0. The highest BCUT2D eigenvalue weighted by atomic mass is 32.2. The van der Waals surface area contributed by atoms with Gasteiger partial charge in [-0.2, -0.15) is 0 Å². The number of esters is 2. The molecule has 7 nitrogen and oxygen atoms in total. The van der Waals surface area contributed by atoms with E-state index in [9.17, 15) is 14.4 Å². The Morgan fingerprint density at radius 3 is 2.23 bits per heavy atom. The van der Waals surface area contributed by atoms with Crippen molar-refractivity contribution in [3.63, 3.8) is 0 Å². The molecule has 1 saturated heterocycles. The molecule has 2 heterocycles. The van der Waals surface area contributed by atoms with Gasteiger partial charge in [0.2, 0.25) is 5.91 Å². The molecule has 2 aromatic carbocycles. The molecule has 2 aliphatic rings. The Balaban J connectivity index is 1.68. The average molecular weight is 439 g/mol. The number of nitrogens with two attached hydrogens (primary N) is 1. The summed E-state index contributed by atoms with van der Waals surface area (Å²) in [5, 5.41) is -0.331. The van der Waals surface area contributed by atoms with Crippen molar-refractivity contribution in [1.29, 1.82) is 0 Å². The van der Waals surface area contributed by atoms with E-state index in [0.717, 1.165) is 11.1 Å². The summed E-state index contributed by atoms with van der Waals surface area (Å²) in [6.07, 6.45) is -0.657. The summed E-state index contributed by atoms with van der Waals surface area (Å²) < 4.78 is 11.1. The third-order valence-electron chi connectivity index (χ3n) is 5.16. The van der Waals surface area contributed by atoms with Crippen LogP contribution in [0.4, 0.5) is 0 Å². The Bertz CT molecular complexity index is 985. The zero-order valence-corrected chi connectivity index (χ0v) is 17.7. The van der Waals surface area contributed by atoms with Gasteiger partial charge in [-0.15, -0.1) is 11.8 Å². The van der Waals surface area contributed by atoms with Crippen molar-refractivity contribution in [3.05, 3.63) is 83.1 Å². The summed E-state index contributed by atoms with van der Waals surface area (Å²) in [4.78, 5) is 38.5. The van der Waals surface area contributed by atoms with Gasteiger partial charge in [-0.25, -0.2) is 4.79 Å². The van der Waals surface area contributed by atoms with Crippen molar-refractivity contribution < 1.29 is 23.9 Å². The van der Waals surface area contributed by atoms with E-state index in [1.165, 1.54) is 23.6 Å². The van der Waals surface area contributed by atoms with E-state index in [2.05, 4.69) is 0 Å². The number of rotatable bonds is 6. The minimum Gasteiger partial charge on any atom is -0.461 e. The van der Waals surface area contributed by atoms with Crippen molar-refractivity contribution in [2.24, 2.45) is 5.73 Å². The van der Waals surface area contributed by atoms with Crippen molar-refractivity contribution in [1.82, 2.24) is 4.90 Å². The summed E-state index contributed by atoms with van der Waals surface area (Å²) in [5.41, 5.74) is 8.17. The maximum Gasteiger partial charge on any atom is 0.356 e. The Labute approximate surface area is 184 Å². The third-order valence-corrected chi connectivity index (χ3v) is 6.52. The number of β-lactam (4-membered cyclic amide) rings is 1. The van der Waals surface area contributed by atoms with Gasteiger partial charge in [-0.1, -0.05) is 60.7 Å². The molecule has 2 aliphatic heterocycles. The van der Waals surface area contributed by atoms with Gasteiger partial charge in [0.05, 0.1) is 0 Å². The number of ether oxygens (including phenoxy) is 2. The molecule has 0 spiro atoms. The lowest BCUT2D eigenvalue weighted by Crippen LogP contribution is -2.68. The topological polar surface area (TPSA) is 98.9 Å². The summed E-state index contributed by atoms with van der Waals surface area (Å²) >= 11 is 1.44. The first-order valence-corrected chi connectivity index (χ1v) is 10.9. The molecule has 0 aromatic heterocycles. The van der Waals surface area contributed by atoms with Crippen molar-refractivity contribution in [3.8, 4) is 0 Å². The SMILES string of the molecule is CC(=O)OCC1=C(C(=O)OC(c2ccccc2)c2ccccc2)N2C(=O)[C@@H](N)[C@H]2SC1. The normalized spacial score (nSPS) is 20.2. The standard InChI is InChI=1S/C23H22N2O5S/c1-14(26)29-12-17-13-31-22-18(24)21(27)25(22)19(17)23(28)30-20(15-8-4-2-5-9-15)16-10-6-3-7-11-16/h2-11,18,20,22H,12-13,24H2,1H3/t18-,22-/m1/s1. The van der Waals surface area contributed by atoms with Crippen LogP contribution < -0.4 is 5.73 Å². The lowest BCUT2D eigenvalue weighted by Gasteiger charge is -2.48. The van der Waals surface area contributed by atoms with E-state index in [-0.39, 0.29) is 23.6 Å². The number of amides is 1. The van der Waals surface area contributed by atoms with Gasteiger partial charge >= 0.3 is 11.9 Å². The second-order valence-corrected chi connectivity index (χ2v) is 8.38. The second-order valence-electron chi connectivity index (χ2n) is 7.27. The molecular weight excluding hydrogens is 416 g/mol. The van der Waals surface area contributed by atoms with Crippen molar-refractivity contribution in [2.45, 2.75) is 24.4 Å². The monoisotopic (exact) mass is 438 g/mol. The molecule has 31 heavy (non-hydrogen) atoms. The number of carbonyl (C=O) groups is 3. The molecule has 8 heteroatoms. The van der Waals surface area contributed by atoms with Crippen LogP contribution in [0.2, 0.25) is 0 Å². The van der Waals surface area contributed by atoms with Gasteiger partial charge in [0.15, 0.2) is 6.10 Å². The molecule has 2 aromatic rings. The van der Waals surface area contributed by atoms with Crippen LogP contribution in [-0.2, 0) is 23.9 Å². The van der Waals surface area contributed by atoms with E-state index < -0.39 is 24.1 Å². The first-order chi connectivity index (χ1) is 15.0. The molecule has 0 unspecified atom stereocenters. The number of fused-ring (bicyclic) bond motifs is 1. The van der Waals surface area contributed by atoms with Crippen molar-refractivity contribution in [2.75, 3.05) is 12.4 Å². The minimum absolute atomic E-state index is 0.0835. The maximum atomic E-state index is 13.4. The van der Waals surface area contributed by atoms with E-state index in [0.29, 0.717) is 11.3 Å². The first kappa shape index (κ1) is 21.1. The summed E-state index contributed by atoms with van der Waals surface area (Å²) in [5.74, 6) is -1.04. The minimum atomic E-state index is -0.665. The Kier molecular flexibility index (Phi) is 6.11. The second kappa shape index (κ2) is 8.95. The molecule has 1 fully saturated rings. The van der Waals surface area contributed by atoms with Crippen LogP contribution in [0, 0.1) is 0 Å². The largest absolute Gasteiger partial charge is 0.461 e. The Morgan fingerprint density at radius 1 is 1.10 bits per heavy atom. The molecule has 0 saturated carbocycles. The highest BCUT2D eigenvalue weighted by Gasteiger charge is 2.52.